The summed E-state index contributed by atoms with van der Waals surface area (Å²) in [6.07, 6.45) is 0. The summed E-state index contributed by atoms with van der Waals surface area (Å²) in [5, 5.41) is 14.6. The lowest BCUT2D eigenvalue weighted by Crippen LogP contribution is -1.95. The van der Waals surface area contributed by atoms with Crippen LogP contribution in [0.4, 0.5) is 0 Å². The maximum atomic E-state index is 10.2. The lowest BCUT2D eigenvalue weighted by molar-refractivity contribution is 0.668. The number of fused-ring (bicyclic) bond motifs is 6. The zero-order valence-corrected chi connectivity index (χ0v) is 31.3. The molecule has 0 bridgehead atoms. The molecule has 2 heterocycles. The Morgan fingerprint density at radius 2 is 0.741 bits per heavy atom. The Bertz CT molecular complexity index is 3210. The maximum Gasteiger partial charge on any atom is 0.135 e. The van der Waals surface area contributed by atoms with E-state index in [-0.39, 0.29) is 0 Å². The number of hydrogen-bond acceptors (Lipinski definition) is 3. The van der Waals surface area contributed by atoms with Crippen LogP contribution in [0.3, 0.4) is 0 Å². The van der Waals surface area contributed by atoms with Crippen molar-refractivity contribution in [3.05, 3.63) is 206 Å². The van der Waals surface area contributed by atoms with Crippen LogP contribution in [-0.2, 0) is 0 Å². The van der Waals surface area contributed by atoms with Crippen molar-refractivity contribution in [2.75, 3.05) is 0 Å². The van der Waals surface area contributed by atoms with Crippen molar-refractivity contribution in [2.45, 2.75) is 0 Å². The number of rotatable bonds is 6. The van der Waals surface area contributed by atoms with Gasteiger partial charge in [0.25, 0.3) is 0 Å². The molecule has 0 aliphatic heterocycles. The molecule has 0 aliphatic carbocycles. The molecule has 0 fully saturated rings. The standard InChI is InChI=1S/C55H33NO2/c56-34-39-17-7-8-18-44(39)42-32-47(35-13-3-1-4-14-35)55(48(33-42)36-15-5-2-6-16-36)43-28-40(37-23-25-53-49(30-37)45-19-9-11-21-51(45)57-53)27-41(29-43)38-24-26-54-50(31-38)46-20-10-12-22-52(46)58-54/h1-33H. The van der Waals surface area contributed by atoms with Gasteiger partial charge in [0, 0.05) is 21.5 Å². The van der Waals surface area contributed by atoms with E-state index in [2.05, 4.69) is 158 Å². The van der Waals surface area contributed by atoms with E-state index in [0.29, 0.717) is 5.56 Å². The average molecular weight is 740 g/mol. The largest absolute Gasteiger partial charge is 0.456 e. The van der Waals surface area contributed by atoms with Gasteiger partial charge in [0.2, 0.25) is 0 Å². The minimum Gasteiger partial charge on any atom is -0.456 e. The Hall–Kier alpha value is -7.93. The second kappa shape index (κ2) is 13.7. The first-order valence-electron chi connectivity index (χ1n) is 19.5. The van der Waals surface area contributed by atoms with Crippen molar-refractivity contribution < 1.29 is 8.83 Å². The molecule has 0 aliphatic rings. The number of nitrogens with zero attached hydrogens (tertiary/aromatic N) is 1. The van der Waals surface area contributed by atoms with Crippen LogP contribution in [0.5, 0.6) is 0 Å². The molecule has 9 aromatic carbocycles. The molecule has 2 aromatic heterocycles. The quantitative estimate of drug-likeness (QED) is 0.171. The van der Waals surface area contributed by atoms with E-state index in [1.54, 1.807) is 0 Å². The first-order chi connectivity index (χ1) is 28.7. The zero-order chi connectivity index (χ0) is 38.6. The molecular formula is C55H33NO2. The lowest BCUT2D eigenvalue weighted by Gasteiger charge is -2.21. The number of hydrogen-bond donors (Lipinski definition) is 0. The Balaban J connectivity index is 1.23. The van der Waals surface area contributed by atoms with Crippen LogP contribution in [0, 0.1) is 11.3 Å². The van der Waals surface area contributed by atoms with Gasteiger partial charge < -0.3 is 8.83 Å². The van der Waals surface area contributed by atoms with Crippen molar-refractivity contribution in [1.29, 1.82) is 5.26 Å². The molecule has 270 valence electrons. The monoisotopic (exact) mass is 739 g/mol. The van der Waals surface area contributed by atoms with Crippen LogP contribution in [-0.4, -0.2) is 0 Å². The molecular weight excluding hydrogens is 707 g/mol. The smallest absolute Gasteiger partial charge is 0.135 e. The Morgan fingerprint density at radius 1 is 0.293 bits per heavy atom. The second-order valence-electron chi connectivity index (χ2n) is 14.8. The predicted octanol–water partition coefficient (Wildman–Crippen LogP) is 15.4. The van der Waals surface area contributed by atoms with Gasteiger partial charge in [-0.2, -0.15) is 5.26 Å². The number of nitriles is 1. The summed E-state index contributed by atoms with van der Waals surface area (Å²) in [6.45, 7) is 0. The van der Waals surface area contributed by atoms with E-state index in [4.69, 9.17) is 8.83 Å². The summed E-state index contributed by atoms with van der Waals surface area (Å²) in [5.41, 5.74) is 16.9. The molecule has 11 rings (SSSR count). The first kappa shape index (κ1) is 33.4. The van der Waals surface area contributed by atoms with Crippen LogP contribution in [0.1, 0.15) is 5.56 Å². The molecule has 11 aromatic rings. The van der Waals surface area contributed by atoms with Crippen molar-refractivity contribution >= 4 is 43.9 Å². The van der Waals surface area contributed by atoms with E-state index in [1.165, 1.54) is 0 Å². The van der Waals surface area contributed by atoms with Crippen LogP contribution >= 0.6 is 0 Å². The van der Waals surface area contributed by atoms with Crippen molar-refractivity contribution in [1.82, 2.24) is 0 Å². The van der Waals surface area contributed by atoms with Crippen LogP contribution < -0.4 is 0 Å². The van der Waals surface area contributed by atoms with E-state index >= 15 is 0 Å². The lowest BCUT2D eigenvalue weighted by atomic mass is 9.82. The van der Waals surface area contributed by atoms with Gasteiger partial charge in [0.05, 0.1) is 11.6 Å². The molecule has 0 radical (unpaired) electrons. The van der Waals surface area contributed by atoms with E-state index in [9.17, 15) is 5.26 Å². The van der Waals surface area contributed by atoms with Crippen molar-refractivity contribution in [3.8, 4) is 72.8 Å². The number of furan rings is 2. The third-order valence-electron chi connectivity index (χ3n) is 11.3. The van der Waals surface area contributed by atoms with Gasteiger partial charge in [-0.05, 0) is 140 Å². The summed E-state index contributed by atoms with van der Waals surface area (Å²) in [5.74, 6) is 0. The Kier molecular flexibility index (Phi) is 7.88. The Morgan fingerprint density at radius 3 is 1.28 bits per heavy atom. The normalized spacial score (nSPS) is 11.4. The molecule has 0 unspecified atom stereocenters. The topological polar surface area (TPSA) is 50.1 Å². The molecule has 0 atom stereocenters. The fourth-order valence-electron chi connectivity index (χ4n) is 8.55. The third-order valence-corrected chi connectivity index (χ3v) is 11.3. The number of para-hydroxylation sites is 2. The summed E-state index contributed by atoms with van der Waals surface area (Å²) < 4.78 is 12.5. The highest BCUT2D eigenvalue weighted by molar-refractivity contribution is 6.08. The van der Waals surface area contributed by atoms with Crippen LogP contribution in [0.2, 0.25) is 0 Å². The fraction of sp³-hybridized carbons (Fsp3) is 0. The summed E-state index contributed by atoms with van der Waals surface area (Å²) in [7, 11) is 0. The average Bonchev–Trinajstić information content (AvgIpc) is 3.87. The van der Waals surface area contributed by atoms with Gasteiger partial charge in [0.15, 0.2) is 0 Å². The van der Waals surface area contributed by atoms with Gasteiger partial charge in [-0.1, -0.05) is 127 Å². The SMILES string of the molecule is N#Cc1ccccc1-c1cc(-c2ccccc2)c(-c2cc(-c3ccc4oc5ccccc5c4c3)cc(-c3ccc4oc5ccccc5c4c3)c2)c(-c2ccccc2)c1. The van der Waals surface area contributed by atoms with Crippen LogP contribution in [0.15, 0.2) is 209 Å². The van der Waals surface area contributed by atoms with Gasteiger partial charge in [-0.25, -0.2) is 0 Å². The summed E-state index contributed by atoms with van der Waals surface area (Å²) in [6, 6.07) is 72.4. The third kappa shape index (κ3) is 5.67. The predicted molar refractivity (Wildman–Crippen MR) is 238 cm³/mol. The molecule has 0 amide bonds. The summed E-state index contributed by atoms with van der Waals surface area (Å²) in [4.78, 5) is 0. The van der Waals surface area contributed by atoms with Gasteiger partial charge in [-0.3, -0.25) is 0 Å². The van der Waals surface area contributed by atoms with Crippen LogP contribution in [0.25, 0.3) is 111 Å². The Labute approximate surface area is 335 Å². The first-order valence-corrected chi connectivity index (χ1v) is 19.5. The second-order valence-corrected chi connectivity index (χ2v) is 14.8. The number of benzene rings is 9. The minimum absolute atomic E-state index is 0.641. The van der Waals surface area contributed by atoms with Gasteiger partial charge >= 0.3 is 0 Å². The highest BCUT2D eigenvalue weighted by atomic mass is 16.3. The molecule has 0 spiro atoms. The van der Waals surface area contributed by atoms with Gasteiger partial charge in [-0.15, -0.1) is 0 Å². The molecule has 0 saturated carbocycles. The van der Waals surface area contributed by atoms with E-state index in [1.807, 2.05) is 48.5 Å². The van der Waals surface area contributed by atoms with Gasteiger partial charge in [0.1, 0.15) is 22.3 Å². The fourth-order valence-corrected chi connectivity index (χ4v) is 8.55. The summed E-state index contributed by atoms with van der Waals surface area (Å²) >= 11 is 0. The molecule has 0 saturated heterocycles. The van der Waals surface area contributed by atoms with Crippen molar-refractivity contribution in [2.24, 2.45) is 0 Å². The molecule has 58 heavy (non-hydrogen) atoms. The highest BCUT2D eigenvalue weighted by Gasteiger charge is 2.21. The van der Waals surface area contributed by atoms with Crippen molar-refractivity contribution in [3.63, 3.8) is 0 Å². The highest BCUT2D eigenvalue weighted by Crippen LogP contribution is 2.46. The molecule has 0 N–H and O–H groups in total. The zero-order valence-electron chi connectivity index (χ0n) is 31.3. The van der Waals surface area contributed by atoms with E-state index < -0.39 is 0 Å². The minimum atomic E-state index is 0.641. The molecule has 3 heteroatoms. The van der Waals surface area contributed by atoms with E-state index in [0.717, 1.165) is 111 Å². The maximum absolute atomic E-state index is 10.2. The molecule has 3 nitrogen and oxygen atoms in total.